The lowest BCUT2D eigenvalue weighted by Gasteiger charge is -2.18. The minimum Gasteiger partial charge on any atom is -0.493 e. The third-order valence-electron chi connectivity index (χ3n) is 6.41. The van der Waals surface area contributed by atoms with Gasteiger partial charge in [0.1, 0.15) is 18.2 Å². The zero-order valence-electron chi connectivity index (χ0n) is 20.4. The maximum atomic E-state index is 13.8. The van der Waals surface area contributed by atoms with Gasteiger partial charge in [-0.2, -0.15) is 0 Å². The Morgan fingerprint density at radius 3 is 2.75 bits per heavy atom. The maximum Gasteiger partial charge on any atom is 0.227 e. The molecular formula is C29H28FN3O3. The molecule has 1 fully saturated rings. The van der Waals surface area contributed by atoms with Crippen molar-refractivity contribution in [2.75, 3.05) is 25.2 Å². The van der Waals surface area contributed by atoms with Crippen LogP contribution in [0.3, 0.4) is 0 Å². The average molecular weight is 486 g/mol. The lowest BCUT2D eigenvalue weighted by atomic mass is 10.1. The summed E-state index contributed by atoms with van der Waals surface area (Å²) in [7, 11) is 1.63. The highest BCUT2D eigenvalue weighted by Crippen LogP contribution is 2.34. The highest BCUT2D eigenvalue weighted by Gasteiger charge is 2.35. The molecule has 7 heteroatoms. The minimum atomic E-state index is -0.359. The van der Waals surface area contributed by atoms with Crippen molar-refractivity contribution in [1.82, 2.24) is 9.55 Å². The molecular weight excluding hydrogens is 457 g/mol. The second-order valence-corrected chi connectivity index (χ2v) is 8.75. The molecule has 36 heavy (non-hydrogen) atoms. The molecule has 0 aliphatic carbocycles. The van der Waals surface area contributed by atoms with Crippen molar-refractivity contribution in [2.24, 2.45) is 0 Å². The number of imidazole rings is 1. The molecule has 1 aliphatic heterocycles. The van der Waals surface area contributed by atoms with Gasteiger partial charge in [0, 0.05) is 24.6 Å². The van der Waals surface area contributed by atoms with E-state index in [2.05, 4.69) is 4.57 Å². The smallest absolute Gasteiger partial charge is 0.227 e. The second kappa shape index (κ2) is 10.2. The third kappa shape index (κ3) is 4.69. The lowest BCUT2D eigenvalue weighted by molar-refractivity contribution is -0.117. The van der Waals surface area contributed by atoms with Gasteiger partial charge in [0.05, 0.1) is 24.7 Å². The minimum absolute atomic E-state index is 0.0357. The van der Waals surface area contributed by atoms with Gasteiger partial charge < -0.3 is 18.9 Å². The molecule has 3 aromatic carbocycles. The number of ether oxygens (including phenoxy) is 2. The highest BCUT2D eigenvalue weighted by atomic mass is 19.1. The van der Waals surface area contributed by atoms with E-state index in [0.29, 0.717) is 43.3 Å². The predicted octanol–water partition coefficient (Wildman–Crippen LogP) is 5.82. The molecule has 1 atom stereocenters. The fourth-order valence-electron chi connectivity index (χ4n) is 4.76. The van der Waals surface area contributed by atoms with Gasteiger partial charge in [-0.05, 0) is 55.0 Å². The molecule has 0 saturated carbocycles. The Hall–Kier alpha value is -4.13. The summed E-state index contributed by atoms with van der Waals surface area (Å²) in [5, 5.41) is 0. The molecule has 5 rings (SSSR count). The van der Waals surface area contributed by atoms with E-state index in [9.17, 15) is 9.18 Å². The molecule has 1 unspecified atom stereocenters. The molecule has 1 saturated heterocycles. The van der Waals surface area contributed by atoms with Gasteiger partial charge in [0.25, 0.3) is 0 Å². The summed E-state index contributed by atoms with van der Waals surface area (Å²) < 4.78 is 27.5. The van der Waals surface area contributed by atoms with E-state index < -0.39 is 0 Å². The monoisotopic (exact) mass is 485 g/mol. The fourth-order valence-corrected chi connectivity index (χ4v) is 4.76. The number of aromatic nitrogens is 2. The number of carbonyl (C=O) groups is 1. The first-order valence-corrected chi connectivity index (χ1v) is 12.0. The van der Waals surface area contributed by atoms with Crippen molar-refractivity contribution < 1.29 is 18.7 Å². The van der Waals surface area contributed by atoms with Crippen LogP contribution in [0, 0.1) is 5.82 Å². The predicted molar refractivity (Wildman–Crippen MR) is 139 cm³/mol. The normalized spacial score (nSPS) is 15.8. The van der Waals surface area contributed by atoms with E-state index in [4.69, 9.17) is 14.5 Å². The third-order valence-corrected chi connectivity index (χ3v) is 6.41. The van der Waals surface area contributed by atoms with Gasteiger partial charge in [-0.1, -0.05) is 36.4 Å². The Bertz CT molecular complexity index is 1430. The number of halogens is 1. The van der Waals surface area contributed by atoms with Crippen LogP contribution in [-0.4, -0.2) is 35.7 Å². The molecule has 2 heterocycles. The number of rotatable bonds is 8. The van der Waals surface area contributed by atoms with Crippen molar-refractivity contribution in [1.29, 1.82) is 0 Å². The number of carbonyl (C=O) groups excluding carboxylic acids is 1. The van der Waals surface area contributed by atoms with Gasteiger partial charge >= 0.3 is 0 Å². The zero-order chi connectivity index (χ0) is 25.1. The SMILES string of the molecule is C/C=C/c1ccc(OCCn2c(C3CC(=O)N(c4cccc(F)c4)C3)nc3ccccc32)c(OC)c1. The largest absolute Gasteiger partial charge is 0.493 e. The Morgan fingerprint density at radius 1 is 1.08 bits per heavy atom. The molecule has 184 valence electrons. The number of anilines is 1. The summed E-state index contributed by atoms with van der Waals surface area (Å²) in [6, 6.07) is 19.9. The molecule has 0 radical (unpaired) electrons. The van der Waals surface area contributed by atoms with Crippen molar-refractivity contribution in [3.05, 3.63) is 90.0 Å². The molecule has 0 bridgehead atoms. The Morgan fingerprint density at radius 2 is 1.94 bits per heavy atom. The molecule has 1 aromatic heterocycles. The van der Waals surface area contributed by atoms with E-state index in [1.165, 1.54) is 12.1 Å². The Kier molecular flexibility index (Phi) is 6.71. The van der Waals surface area contributed by atoms with Gasteiger partial charge in [-0.3, -0.25) is 4.79 Å². The standard InChI is InChI=1S/C29H28FN3O3/c1-3-7-20-12-13-26(27(16-20)35-2)36-15-14-32-25-11-5-4-10-24(25)31-29(32)21-17-28(34)33(19-21)23-9-6-8-22(30)18-23/h3-13,16,18,21H,14-15,17,19H2,1-2H3/b7-3+. The van der Waals surface area contributed by atoms with Gasteiger partial charge in [-0.25, -0.2) is 9.37 Å². The van der Waals surface area contributed by atoms with Gasteiger partial charge in [-0.15, -0.1) is 0 Å². The quantitative estimate of drug-likeness (QED) is 0.316. The van der Waals surface area contributed by atoms with Crippen LogP contribution in [0.1, 0.15) is 30.7 Å². The highest BCUT2D eigenvalue weighted by molar-refractivity contribution is 5.96. The number of methoxy groups -OCH3 is 1. The summed E-state index contributed by atoms with van der Waals surface area (Å²) in [4.78, 5) is 19.4. The topological polar surface area (TPSA) is 56.6 Å². The van der Waals surface area contributed by atoms with Crippen LogP contribution in [0.5, 0.6) is 11.5 Å². The number of allylic oxidation sites excluding steroid dienone is 1. The van der Waals surface area contributed by atoms with E-state index >= 15 is 0 Å². The second-order valence-electron chi connectivity index (χ2n) is 8.75. The number of nitrogens with zero attached hydrogens (tertiary/aromatic N) is 3. The average Bonchev–Trinajstić information content (AvgIpc) is 3.45. The molecule has 6 nitrogen and oxygen atoms in total. The van der Waals surface area contributed by atoms with Crippen LogP contribution in [0.15, 0.2) is 72.8 Å². The summed E-state index contributed by atoms with van der Waals surface area (Å²) in [5.74, 6) is 1.68. The van der Waals surface area contributed by atoms with Gasteiger partial charge in [0.15, 0.2) is 11.5 Å². The first-order valence-electron chi connectivity index (χ1n) is 12.0. The van der Waals surface area contributed by atoms with E-state index in [1.807, 2.05) is 61.5 Å². The number of para-hydroxylation sites is 2. The van der Waals surface area contributed by atoms with Crippen LogP contribution in [0.25, 0.3) is 17.1 Å². The molecule has 1 amide bonds. The number of hydrogen-bond donors (Lipinski definition) is 0. The lowest BCUT2D eigenvalue weighted by Crippen LogP contribution is -2.24. The van der Waals surface area contributed by atoms with E-state index in [0.717, 1.165) is 22.4 Å². The van der Waals surface area contributed by atoms with Crippen LogP contribution >= 0.6 is 0 Å². The van der Waals surface area contributed by atoms with Crippen molar-refractivity contribution in [3.8, 4) is 11.5 Å². The number of hydrogen-bond acceptors (Lipinski definition) is 4. The Balaban J connectivity index is 1.38. The van der Waals surface area contributed by atoms with Crippen LogP contribution in [0.2, 0.25) is 0 Å². The van der Waals surface area contributed by atoms with Crippen molar-refractivity contribution in [3.63, 3.8) is 0 Å². The van der Waals surface area contributed by atoms with Crippen molar-refractivity contribution in [2.45, 2.75) is 25.8 Å². The van der Waals surface area contributed by atoms with Crippen LogP contribution in [-0.2, 0) is 11.3 Å². The summed E-state index contributed by atoms with van der Waals surface area (Å²) in [6.45, 7) is 3.38. The molecule has 0 spiro atoms. The molecule has 1 aliphatic rings. The number of benzene rings is 3. The maximum absolute atomic E-state index is 13.8. The zero-order valence-corrected chi connectivity index (χ0v) is 20.4. The number of amides is 1. The van der Waals surface area contributed by atoms with Gasteiger partial charge in [0.2, 0.25) is 5.91 Å². The summed E-state index contributed by atoms with van der Waals surface area (Å²) >= 11 is 0. The van der Waals surface area contributed by atoms with Crippen LogP contribution in [0.4, 0.5) is 10.1 Å². The first kappa shape index (κ1) is 23.6. The first-order chi connectivity index (χ1) is 17.6. The molecule has 4 aromatic rings. The molecule has 0 N–H and O–H groups in total. The fraction of sp³-hybridized carbons (Fsp3) is 0.241. The summed E-state index contributed by atoms with van der Waals surface area (Å²) in [6.07, 6.45) is 4.30. The van der Waals surface area contributed by atoms with Crippen molar-refractivity contribution >= 4 is 28.7 Å². The van der Waals surface area contributed by atoms with E-state index in [-0.39, 0.29) is 17.6 Å². The Labute approximate surface area is 209 Å². The van der Waals surface area contributed by atoms with E-state index in [1.54, 1.807) is 24.1 Å². The van der Waals surface area contributed by atoms with Crippen LogP contribution < -0.4 is 14.4 Å². The number of fused-ring (bicyclic) bond motifs is 1. The summed E-state index contributed by atoms with van der Waals surface area (Å²) in [5.41, 5.74) is 3.47.